The van der Waals surface area contributed by atoms with Crippen LogP contribution in [-0.2, 0) is 4.79 Å². The second-order valence-corrected chi connectivity index (χ2v) is 4.96. The summed E-state index contributed by atoms with van der Waals surface area (Å²) in [6, 6.07) is 0. The minimum absolute atomic E-state index is 0.350. The van der Waals surface area contributed by atoms with Crippen molar-refractivity contribution < 1.29 is 4.79 Å². The fraction of sp³-hybridized carbons (Fsp3) is 0.900. The van der Waals surface area contributed by atoms with Gasteiger partial charge in [-0.2, -0.15) is 0 Å². The summed E-state index contributed by atoms with van der Waals surface area (Å²) in [4.78, 5) is 11.1. The Morgan fingerprint density at radius 3 is 2.50 bits per heavy atom. The summed E-state index contributed by atoms with van der Waals surface area (Å²) in [7, 11) is 0. The summed E-state index contributed by atoms with van der Waals surface area (Å²) in [5, 5.41) is 0.350. The fourth-order valence-corrected chi connectivity index (χ4v) is 2.29. The molecule has 0 bridgehead atoms. The topological polar surface area (TPSA) is 17.1 Å². The number of carbonyl (C=O) groups excluding carboxylic acids is 1. The number of hydrogen-bond donors (Lipinski definition) is 0. The molecule has 1 fully saturated rings. The van der Waals surface area contributed by atoms with Crippen LogP contribution in [0, 0.1) is 5.41 Å². The van der Waals surface area contributed by atoms with E-state index in [1.807, 2.05) is 6.26 Å². The highest BCUT2D eigenvalue weighted by molar-refractivity contribution is 8.13. The Bertz CT molecular complexity index is 159. The van der Waals surface area contributed by atoms with E-state index in [9.17, 15) is 4.79 Å². The quantitative estimate of drug-likeness (QED) is 0.673. The first kappa shape index (κ1) is 10.1. The van der Waals surface area contributed by atoms with E-state index in [1.165, 1.54) is 37.4 Å². The van der Waals surface area contributed by atoms with Crippen LogP contribution in [0.4, 0.5) is 0 Å². The van der Waals surface area contributed by atoms with E-state index in [-0.39, 0.29) is 0 Å². The Kier molecular flexibility index (Phi) is 3.63. The van der Waals surface area contributed by atoms with Crippen LogP contribution in [0.5, 0.6) is 0 Å². The van der Waals surface area contributed by atoms with Gasteiger partial charge in [0.1, 0.15) is 0 Å². The van der Waals surface area contributed by atoms with Gasteiger partial charge in [-0.3, -0.25) is 4.79 Å². The minimum atomic E-state index is 0.350. The van der Waals surface area contributed by atoms with Crippen LogP contribution in [0.3, 0.4) is 0 Å². The molecule has 1 rings (SSSR count). The lowest BCUT2D eigenvalue weighted by Gasteiger charge is -2.22. The van der Waals surface area contributed by atoms with Gasteiger partial charge >= 0.3 is 0 Å². The molecule has 0 N–H and O–H groups in total. The molecule has 70 valence electrons. The van der Waals surface area contributed by atoms with Crippen molar-refractivity contribution in [1.82, 2.24) is 0 Å². The minimum Gasteiger partial charge on any atom is -0.287 e. The van der Waals surface area contributed by atoms with Gasteiger partial charge in [0.2, 0.25) is 0 Å². The summed E-state index contributed by atoms with van der Waals surface area (Å²) in [5.74, 6) is 0. The van der Waals surface area contributed by atoms with Crippen LogP contribution in [0.25, 0.3) is 0 Å². The highest BCUT2D eigenvalue weighted by Gasteiger charge is 2.28. The zero-order chi connectivity index (χ0) is 9.03. The molecule has 0 unspecified atom stereocenters. The van der Waals surface area contributed by atoms with E-state index in [4.69, 9.17) is 0 Å². The average Bonchev–Trinajstić information content (AvgIpc) is 2.49. The maximum absolute atomic E-state index is 11.1. The first-order valence-electron chi connectivity index (χ1n) is 4.73. The summed E-state index contributed by atoms with van der Waals surface area (Å²) in [6.45, 7) is 2.33. The second-order valence-electron chi connectivity index (χ2n) is 4.09. The van der Waals surface area contributed by atoms with E-state index in [1.54, 1.807) is 0 Å². The normalized spacial score (nSPS) is 21.2. The summed E-state index contributed by atoms with van der Waals surface area (Å²) in [5.41, 5.74) is 0.491. The molecule has 0 aromatic carbocycles. The lowest BCUT2D eigenvalue weighted by atomic mass is 9.84. The van der Waals surface area contributed by atoms with Crippen molar-refractivity contribution in [2.45, 2.75) is 45.4 Å². The molecule has 12 heavy (non-hydrogen) atoms. The second kappa shape index (κ2) is 4.31. The Balaban J connectivity index is 2.25. The summed E-state index contributed by atoms with van der Waals surface area (Å²) < 4.78 is 0. The number of carbonyl (C=O) groups is 1. The third-order valence-corrected chi connectivity index (χ3v) is 3.63. The van der Waals surface area contributed by atoms with E-state index < -0.39 is 0 Å². The third kappa shape index (κ3) is 2.81. The summed E-state index contributed by atoms with van der Waals surface area (Å²) >= 11 is 1.37. The molecule has 0 radical (unpaired) electrons. The maximum atomic E-state index is 11.1. The SMILES string of the molecule is CSC(=O)CCC1(C)CCCC1. The van der Waals surface area contributed by atoms with Crippen molar-refractivity contribution in [1.29, 1.82) is 0 Å². The Labute approximate surface area is 79.3 Å². The summed E-state index contributed by atoms with van der Waals surface area (Å²) in [6.07, 6.45) is 9.14. The molecule has 0 amide bonds. The molecular formula is C10H18OS. The molecule has 1 saturated carbocycles. The Morgan fingerprint density at radius 1 is 1.42 bits per heavy atom. The van der Waals surface area contributed by atoms with Gasteiger partial charge in [0.15, 0.2) is 5.12 Å². The van der Waals surface area contributed by atoms with Crippen LogP contribution in [0.15, 0.2) is 0 Å². The first-order chi connectivity index (χ1) is 5.66. The monoisotopic (exact) mass is 186 g/mol. The van der Waals surface area contributed by atoms with Crippen LogP contribution in [0.1, 0.15) is 45.4 Å². The molecule has 1 aliphatic rings. The Morgan fingerprint density at radius 2 is 2.00 bits per heavy atom. The van der Waals surface area contributed by atoms with E-state index in [0.717, 1.165) is 12.8 Å². The molecule has 2 heteroatoms. The van der Waals surface area contributed by atoms with Crippen molar-refractivity contribution in [3.05, 3.63) is 0 Å². The molecule has 1 aliphatic carbocycles. The molecule has 0 atom stereocenters. The zero-order valence-corrected chi connectivity index (χ0v) is 8.88. The van der Waals surface area contributed by atoms with Gasteiger partial charge < -0.3 is 0 Å². The number of thioether (sulfide) groups is 1. The molecule has 1 nitrogen and oxygen atoms in total. The first-order valence-corrected chi connectivity index (χ1v) is 5.96. The fourth-order valence-electron chi connectivity index (χ4n) is 1.98. The van der Waals surface area contributed by atoms with Crippen LogP contribution < -0.4 is 0 Å². The van der Waals surface area contributed by atoms with Crippen molar-refractivity contribution in [3.8, 4) is 0 Å². The van der Waals surface area contributed by atoms with Gasteiger partial charge in [-0.15, -0.1) is 0 Å². The smallest absolute Gasteiger partial charge is 0.188 e. The van der Waals surface area contributed by atoms with Crippen molar-refractivity contribution in [2.75, 3.05) is 6.26 Å². The van der Waals surface area contributed by atoms with Crippen molar-refractivity contribution >= 4 is 16.9 Å². The van der Waals surface area contributed by atoms with Gasteiger partial charge in [0, 0.05) is 6.42 Å². The molecule has 0 aromatic heterocycles. The highest BCUT2D eigenvalue weighted by atomic mass is 32.2. The van der Waals surface area contributed by atoms with Crippen molar-refractivity contribution in [2.24, 2.45) is 5.41 Å². The Hall–Kier alpha value is 0.0200. The molecular weight excluding hydrogens is 168 g/mol. The molecule has 0 spiro atoms. The van der Waals surface area contributed by atoms with Crippen molar-refractivity contribution in [3.63, 3.8) is 0 Å². The van der Waals surface area contributed by atoms with Crippen LogP contribution in [-0.4, -0.2) is 11.4 Å². The largest absolute Gasteiger partial charge is 0.287 e. The molecule has 0 aromatic rings. The van der Waals surface area contributed by atoms with E-state index in [0.29, 0.717) is 10.5 Å². The molecule has 0 heterocycles. The number of hydrogen-bond acceptors (Lipinski definition) is 2. The lowest BCUT2D eigenvalue weighted by Crippen LogP contribution is -2.12. The van der Waals surface area contributed by atoms with E-state index >= 15 is 0 Å². The van der Waals surface area contributed by atoms with Crippen LogP contribution in [0.2, 0.25) is 0 Å². The van der Waals surface area contributed by atoms with Gasteiger partial charge in [0.05, 0.1) is 0 Å². The predicted octanol–water partition coefficient (Wildman–Crippen LogP) is 3.24. The zero-order valence-electron chi connectivity index (χ0n) is 8.06. The number of rotatable bonds is 3. The predicted molar refractivity (Wildman–Crippen MR) is 54.3 cm³/mol. The third-order valence-electron chi connectivity index (χ3n) is 2.97. The van der Waals surface area contributed by atoms with Gasteiger partial charge in [0.25, 0.3) is 0 Å². The van der Waals surface area contributed by atoms with Crippen LogP contribution >= 0.6 is 11.8 Å². The van der Waals surface area contributed by atoms with Gasteiger partial charge in [-0.05, 0) is 30.9 Å². The van der Waals surface area contributed by atoms with E-state index in [2.05, 4.69) is 6.92 Å². The average molecular weight is 186 g/mol. The van der Waals surface area contributed by atoms with Gasteiger partial charge in [-0.1, -0.05) is 31.5 Å². The highest BCUT2D eigenvalue weighted by Crippen LogP contribution is 2.41. The lowest BCUT2D eigenvalue weighted by molar-refractivity contribution is -0.111. The standard InChI is InChI=1S/C10H18OS/c1-10(6-3-4-7-10)8-5-9(11)12-2/h3-8H2,1-2H3. The van der Waals surface area contributed by atoms with Gasteiger partial charge in [-0.25, -0.2) is 0 Å². The molecule has 0 aliphatic heterocycles. The maximum Gasteiger partial charge on any atom is 0.188 e. The molecule has 0 saturated heterocycles.